The van der Waals surface area contributed by atoms with Crippen LogP contribution in [-0.2, 0) is 6.42 Å². The van der Waals surface area contributed by atoms with Gasteiger partial charge in [-0.05, 0) is 37.2 Å². The van der Waals surface area contributed by atoms with E-state index in [1.54, 1.807) is 25.5 Å². The molecule has 2 aliphatic rings. The smallest absolute Gasteiger partial charge is 0.231 e. The summed E-state index contributed by atoms with van der Waals surface area (Å²) in [5.74, 6) is 2.61. The molecule has 0 bridgehead atoms. The number of ether oxygens (including phenoxy) is 3. The van der Waals surface area contributed by atoms with E-state index in [-0.39, 0.29) is 12.8 Å². The SMILES string of the molecule is COc1c2c(cc3c1[C@H](CC(=NO)c1ccco1)N(C)CC3)OCO2. The molecule has 1 aromatic carbocycles. The van der Waals surface area contributed by atoms with Crippen LogP contribution in [0.4, 0.5) is 0 Å². The molecule has 0 spiro atoms. The summed E-state index contributed by atoms with van der Waals surface area (Å²) in [6.07, 6.45) is 2.95. The number of oxime groups is 1. The van der Waals surface area contributed by atoms with Gasteiger partial charge < -0.3 is 23.8 Å². The summed E-state index contributed by atoms with van der Waals surface area (Å²) in [4.78, 5) is 2.22. The highest BCUT2D eigenvalue weighted by atomic mass is 16.7. The molecule has 132 valence electrons. The Hall–Kier alpha value is -2.67. The molecule has 0 saturated heterocycles. The molecule has 2 aromatic rings. The van der Waals surface area contributed by atoms with Crippen molar-refractivity contribution < 1.29 is 23.8 Å². The van der Waals surface area contributed by atoms with E-state index >= 15 is 0 Å². The van der Waals surface area contributed by atoms with E-state index in [0.717, 1.165) is 24.3 Å². The van der Waals surface area contributed by atoms with Crippen LogP contribution in [0.15, 0.2) is 34.0 Å². The van der Waals surface area contributed by atoms with Gasteiger partial charge in [0, 0.05) is 24.6 Å². The Kier molecular flexibility index (Phi) is 4.01. The van der Waals surface area contributed by atoms with Crippen LogP contribution in [0, 0.1) is 0 Å². The van der Waals surface area contributed by atoms with Crippen molar-refractivity contribution in [3.05, 3.63) is 41.3 Å². The third-order valence-corrected chi connectivity index (χ3v) is 4.86. The second-order valence-electron chi connectivity index (χ2n) is 6.19. The Labute approximate surface area is 145 Å². The lowest BCUT2D eigenvalue weighted by atomic mass is 9.88. The van der Waals surface area contributed by atoms with Gasteiger partial charge in [0.15, 0.2) is 17.3 Å². The number of likely N-dealkylation sites (N-methyl/N-ethyl adjacent to an activating group) is 1. The minimum Gasteiger partial charge on any atom is -0.492 e. The van der Waals surface area contributed by atoms with Gasteiger partial charge in [-0.25, -0.2) is 0 Å². The van der Waals surface area contributed by atoms with Gasteiger partial charge in [-0.2, -0.15) is 0 Å². The molecule has 0 fully saturated rings. The third-order valence-electron chi connectivity index (χ3n) is 4.86. The standard InChI is InChI=1S/C18H20N2O5/c1-20-6-5-11-8-15-17(25-10-24-15)18(22-2)16(11)13(20)9-12(19-21)14-4-3-7-23-14/h3-4,7-8,13,21H,5-6,9-10H2,1-2H3/t13-/m0/s1. The number of rotatable bonds is 4. The maximum absolute atomic E-state index is 9.48. The topological polar surface area (TPSA) is 76.7 Å². The molecule has 7 heteroatoms. The Morgan fingerprint density at radius 2 is 2.32 bits per heavy atom. The van der Waals surface area contributed by atoms with Crippen molar-refractivity contribution in [3.8, 4) is 17.2 Å². The number of benzene rings is 1. The predicted molar refractivity (Wildman–Crippen MR) is 89.8 cm³/mol. The zero-order valence-electron chi connectivity index (χ0n) is 14.2. The zero-order valence-corrected chi connectivity index (χ0v) is 14.2. The first-order valence-electron chi connectivity index (χ1n) is 8.17. The van der Waals surface area contributed by atoms with Crippen molar-refractivity contribution >= 4 is 5.71 Å². The molecule has 4 rings (SSSR count). The average Bonchev–Trinajstić information content (AvgIpc) is 3.30. The molecule has 1 atom stereocenters. The van der Waals surface area contributed by atoms with Crippen LogP contribution in [0.2, 0.25) is 0 Å². The van der Waals surface area contributed by atoms with E-state index in [1.165, 1.54) is 5.56 Å². The van der Waals surface area contributed by atoms with E-state index < -0.39 is 0 Å². The van der Waals surface area contributed by atoms with Gasteiger partial charge in [0.2, 0.25) is 12.5 Å². The summed E-state index contributed by atoms with van der Waals surface area (Å²) < 4.78 is 22.2. The van der Waals surface area contributed by atoms with Crippen LogP contribution < -0.4 is 14.2 Å². The van der Waals surface area contributed by atoms with Crippen molar-refractivity contribution in [3.63, 3.8) is 0 Å². The minimum absolute atomic E-state index is 0.0239. The Morgan fingerprint density at radius 1 is 1.44 bits per heavy atom. The van der Waals surface area contributed by atoms with E-state index in [2.05, 4.69) is 17.1 Å². The molecule has 0 saturated carbocycles. The molecule has 1 aromatic heterocycles. The highest BCUT2D eigenvalue weighted by Gasteiger charge is 2.35. The van der Waals surface area contributed by atoms with E-state index in [0.29, 0.717) is 29.4 Å². The quantitative estimate of drug-likeness (QED) is 0.522. The van der Waals surface area contributed by atoms with Crippen molar-refractivity contribution in [2.45, 2.75) is 18.9 Å². The van der Waals surface area contributed by atoms with Crippen LogP contribution in [0.25, 0.3) is 0 Å². The summed E-state index contributed by atoms with van der Waals surface area (Å²) in [6, 6.07) is 5.57. The average molecular weight is 344 g/mol. The fourth-order valence-corrected chi connectivity index (χ4v) is 3.60. The number of hydrogen-bond donors (Lipinski definition) is 1. The highest BCUT2D eigenvalue weighted by Crippen LogP contribution is 2.50. The largest absolute Gasteiger partial charge is 0.492 e. The summed E-state index contributed by atoms with van der Waals surface area (Å²) in [6.45, 7) is 1.09. The number of hydrogen-bond acceptors (Lipinski definition) is 7. The van der Waals surface area contributed by atoms with Gasteiger partial charge in [-0.1, -0.05) is 5.16 Å². The van der Waals surface area contributed by atoms with Gasteiger partial charge in [0.1, 0.15) is 5.71 Å². The molecule has 0 unspecified atom stereocenters. The van der Waals surface area contributed by atoms with Crippen LogP contribution in [-0.4, -0.2) is 43.3 Å². The number of nitrogens with zero attached hydrogens (tertiary/aromatic N) is 2. The van der Waals surface area contributed by atoms with E-state index in [4.69, 9.17) is 18.6 Å². The van der Waals surface area contributed by atoms with Crippen molar-refractivity contribution in [2.75, 3.05) is 27.5 Å². The monoisotopic (exact) mass is 344 g/mol. The lowest BCUT2D eigenvalue weighted by Gasteiger charge is -2.35. The summed E-state index contributed by atoms with van der Waals surface area (Å²) in [5.41, 5.74) is 2.71. The van der Waals surface area contributed by atoms with Crippen LogP contribution in [0.1, 0.15) is 29.3 Å². The summed E-state index contributed by atoms with van der Waals surface area (Å²) in [5, 5.41) is 12.9. The molecular weight excluding hydrogens is 324 g/mol. The maximum Gasteiger partial charge on any atom is 0.231 e. The Balaban J connectivity index is 1.77. The number of methoxy groups -OCH3 is 1. The second kappa shape index (κ2) is 6.33. The lowest BCUT2D eigenvalue weighted by molar-refractivity contribution is 0.170. The van der Waals surface area contributed by atoms with Crippen molar-refractivity contribution in [1.29, 1.82) is 0 Å². The predicted octanol–water partition coefficient (Wildman–Crippen LogP) is 2.81. The minimum atomic E-state index is -0.0239. The maximum atomic E-state index is 9.48. The van der Waals surface area contributed by atoms with E-state index in [9.17, 15) is 5.21 Å². The second-order valence-corrected chi connectivity index (χ2v) is 6.19. The molecule has 7 nitrogen and oxygen atoms in total. The van der Waals surface area contributed by atoms with Gasteiger partial charge in [0.05, 0.1) is 13.4 Å². The summed E-state index contributed by atoms with van der Waals surface area (Å²) >= 11 is 0. The van der Waals surface area contributed by atoms with Gasteiger partial charge in [0.25, 0.3) is 0 Å². The molecule has 3 heterocycles. The Bertz CT molecular complexity index is 800. The molecule has 0 amide bonds. The summed E-state index contributed by atoms with van der Waals surface area (Å²) in [7, 11) is 3.69. The first-order chi connectivity index (χ1) is 12.2. The fourth-order valence-electron chi connectivity index (χ4n) is 3.60. The van der Waals surface area contributed by atoms with Gasteiger partial charge >= 0.3 is 0 Å². The molecule has 0 radical (unpaired) electrons. The van der Waals surface area contributed by atoms with Crippen LogP contribution >= 0.6 is 0 Å². The normalized spacial score (nSPS) is 19.8. The number of fused-ring (bicyclic) bond motifs is 2. The molecule has 0 aliphatic carbocycles. The first-order valence-corrected chi connectivity index (χ1v) is 8.17. The van der Waals surface area contributed by atoms with Gasteiger partial charge in [-0.3, -0.25) is 4.90 Å². The van der Waals surface area contributed by atoms with Crippen LogP contribution in [0.5, 0.6) is 17.2 Å². The lowest BCUT2D eigenvalue weighted by Crippen LogP contribution is -2.34. The molecule has 25 heavy (non-hydrogen) atoms. The highest BCUT2D eigenvalue weighted by molar-refractivity contribution is 5.98. The molecule has 2 aliphatic heterocycles. The van der Waals surface area contributed by atoms with Crippen molar-refractivity contribution in [2.24, 2.45) is 5.16 Å². The van der Waals surface area contributed by atoms with Crippen molar-refractivity contribution in [1.82, 2.24) is 4.90 Å². The van der Waals surface area contributed by atoms with E-state index in [1.807, 2.05) is 6.07 Å². The number of furan rings is 1. The Morgan fingerprint density at radius 3 is 3.04 bits per heavy atom. The third kappa shape index (κ3) is 2.60. The zero-order chi connectivity index (χ0) is 17.4. The first kappa shape index (κ1) is 15.8. The molecular formula is C18H20N2O5. The van der Waals surface area contributed by atoms with Gasteiger partial charge in [-0.15, -0.1) is 0 Å². The van der Waals surface area contributed by atoms with Crippen LogP contribution in [0.3, 0.4) is 0 Å². The fraction of sp³-hybridized carbons (Fsp3) is 0.389. The molecule has 1 N–H and O–H groups in total.